The van der Waals surface area contributed by atoms with E-state index in [-0.39, 0.29) is 8.41 Å². The minimum absolute atomic E-state index is 0. The van der Waals surface area contributed by atoms with Crippen LogP contribution in [0, 0.1) is 6.57 Å². The summed E-state index contributed by atoms with van der Waals surface area (Å²) in [6.45, 7) is 5.83. The van der Waals surface area contributed by atoms with Gasteiger partial charge in [0.15, 0.2) is 0 Å². The van der Waals surface area contributed by atoms with Gasteiger partial charge < -0.3 is 4.85 Å². The number of hydrogen-bond donors (Lipinski definition) is 0. The summed E-state index contributed by atoms with van der Waals surface area (Å²) in [5, 5.41) is 0. The molecular weight excluding hydrogens is 48.8 g/mol. The van der Waals surface area contributed by atoms with Crippen LogP contribution in [-0.4, -0.2) is 15.5 Å². The van der Waals surface area contributed by atoms with Crippen LogP contribution in [0.25, 0.3) is 4.85 Å². The van der Waals surface area contributed by atoms with E-state index in [9.17, 15) is 0 Å². The summed E-state index contributed by atoms with van der Waals surface area (Å²) >= 11 is 0. The molecule has 0 aromatic heterocycles. The van der Waals surface area contributed by atoms with Crippen LogP contribution < -0.4 is 0 Å². The first-order valence-corrected chi connectivity index (χ1v) is 0.671. The van der Waals surface area contributed by atoms with E-state index in [0.29, 0.717) is 0 Å². The van der Waals surface area contributed by atoms with Crippen molar-refractivity contribution in [3.63, 3.8) is 0 Å². The second kappa shape index (κ2) is 20.1. The van der Waals surface area contributed by atoms with Gasteiger partial charge in [-0.1, -0.05) is 0 Å². The lowest BCUT2D eigenvalue weighted by Crippen LogP contribution is -1.10. The molecule has 0 amide bonds. The first kappa shape index (κ1) is 9.60. The van der Waals surface area contributed by atoms with E-state index in [0.717, 1.165) is 0 Å². The molecule has 0 atom stereocenters. The second-order valence-electron chi connectivity index (χ2n) is 0.224. The summed E-state index contributed by atoms with van der Waals surface area (Å²) in [7, 11) is 1.42. The lowest BCUT2D eigenvalue weighted by molar-refractivity contribution is 1.92. The van der Waals surface area contributed by atoms with Crippen molar-refractivity contribution in [1.82, 2.24) is 0 Å². The molecule has 0 unspecified atom stereocenters. The third-order valence-electron chi connectivity index (χ3n) is 0. The van der Waals surface area contributed by atoms with Gasteiger partial charge in [-0.05, 0) is 0 Å². The molecule has 0 fully saturated rings. The van der Waals surface area contributed by atoms with Crippen molar-refractivity contribution >= 4 is 8.41 Å². The Hall–Kier alpha value is -0.445. The largest absolute Gasteiger partial charge is 0.320 e. The molecule has 0 aliphatic heterocycles. The molecule has 0 aromatic carbocycles. The van der Waals surface area contributed by atoms with Crippen molar-refractivity contribution < 1.29 is 0 Å². The summed E-state index contributed by atoms with van der Waals surface area (Å²) in [4.78, 5) is 2.75. The fourth-order valence-electron chi connectivity index (χ4n) is 0. The Kier molecular flexibility index (Phi) is 48.1. The van der Waals surface area contributed by atoms with Gasteiger partial charge in [0.25, 0.3) is 0 Å². The fourth-order valence-corrected chi connectivity index (χ4v) is 0. The van der Waals surface area contributed by atoms with Gasteiger partial charge in [0.1, 0.15) is 0 Å². The zero-order valence-electron chi connectivity index (χ0n) is 2.52. The zero-order chi connectivity index (χ0) is 2.71. The Morgan fingerprint density at radius 1 is 1.75 bits per heavy atom. The lowest BCUT2D eigenvalue weighted by atomic mass is 10.8. The highest BCUT2D eigenvalue weighted by Crippen LogP contribution is 1.26. The quantitative estimate of drug-likeness (QED) is 0.273. The van der Waals surface area contributed by atoms with Crippen molar-refractivity contribution in [3.8, 4) is 0 Å². The average Bonchev–Trinajstić information content (AvgIpc) is 0.918. The fraction of sp³-hybridized carbons (Fsp3) is 0.500. The zero-order valence-corrected chi connectivity index (χ0v) is 2.52. The topological polar surface area (TPSA) is 4.36 Å². The van der Waals surface area contributed by atoms with Crippen LogP contribution in [0.1, 0.15) is 0 Å². The maximum Gasteiger partial charge on any atom is 0.205 e. The molecule has 0 aromatic rings. The van der Waals surface area contributed by atoms with E-state index in [4.69, 9.17) is 6.57 Å². The van der Waals surface area contributed by atoms with Crippen LogP contribution in [0.5, 0.6) is 0 Å². The highest BCUT2D eigenvalue weighted by Gasteiger charge is 1.08. The molecule has 1 nitrogen and oxygen atoms in total. The van der Waals surface area contributed by atoms with E-state index in [1.54, 1.807) is 0 Å². The molecule has 0 saturated heterocycles. The van der Waals surface area contributed by atoms with Crippen LogP contribution in [0.2, 0.25) is 0 Å². The standard InChI is InChI=1S/C2H3N.B/c1-3-2;/h1H3;. The summed E-state index contributed by atoms with van der Waals surface area (Å²) in [5.41, 5.74) is 0. The second-order valence-corrected chi connectivity index (χ2v) is 0.224. The van der Waals surface area contributed by atoms with Crippen molar-refractivity contribution in [2.24, 2.45) is 0 Å². The Morgan fingerprint density at radius 2 is 1.75 bits per heavy atom. The van der Waals surface area contributed by atoms with Gasteiger partial charge in [-0.15, -0.1) is 0 Å². The molecular formula is C2H3BN. The number of nitrogens with zero attached hydrogens (tertiary/aromatic N) is 1. The minimum atomic E-state index is 0. The SMILES string of the molecule is [B].[C-]#[N+]C. The van der Waals surface area contributed by atoms with Gasteiger partial charge in [-0.3, -0.25) is 0 Å². The molecule has 0 heterocycles. The Labute approximate surface area is 28.0 Å². The number of hydrogen-bond acceptors (Lipinski definition) is 0. The van der Waals surface area contributed by atoms with Crippen LogP contribution in [0.4, 0.5) is 0 Å². The summed E-state index contributed by atoms with van der Waals surface area (Å²) in [6, 6.07) is 0. The molecule has 0 bridgehead atoms. The van der Waals surface area contributed by atoms with Gasteiger partial charge >= 0.3 is 0 Å². The van der Waals surface area contributed by atoms with Gasteiger partial charge in [0.2, 0.25) is 7.05 Å². The average molecular weight is 51.9 g/mol. The molecule has 0 rings (SSSR count). The third-order valence-corrected chi connectivity index (χ3v) is 0. The molecule has 0 spiro atoms. The molecule has 0 aliphatic carbocycles. The minimum Gasteiger partial charge on any atom is -0.320 e. The summed E-state index contributed by atoms with van der Waals surface area (Å²) in [6.07, 6.45) is 0. The number of rotatable bonds is 0. The Morgan fingerprint density at radius 3 is 1.75 bits per heavy atom. The maximum absolute atomic E-state index is 5.83. The molecule has 0 aliphatic rings. The Bertz CT molecular complexity index is 27.5. The van der Waals surface area contributed by atoms with E-state index >= 15 is 0 Å². The van der Waals surface area contributed by atoms with Crippen molar-refractivity contribution in [2.75, 3.05) is 7.05 Å². The van der Waals surface area contributed by atoms with Crippen LogP contribution in [0.3, 0.4) is 0 Å². The van der Waals surface area contributed by atoms with Crippen LogP contribution >= 0.6 is 0 Å². The van der Waals surface area contributed by atoms with Gasteiger partial charge in [-0.25, -0.2) is 6.57 Å². The molecule has 0 saturated carbocycles. The summed E-state index contributed by atoms with van der Waals surface area (Å²) < 4.78 is 0. The van der Waals surface area contributed by atoms with Crippen molar-refractivity contribution in [3.05, 3.63) is 11.4 Å². The van der Waals surface area contributed by atoms with E-state index in [1.165, 1.54) is 7.05 Å². The normalized spacial score (nSPS) is 2.00. The maximum atomic E-state index is 5.83. The molecule has 3 radical (unpaired) electrons. The van der Waals surface area contributed by atoms with Crippen LogP contribution in [-0.2, 0) is 0 Å². The molecule has 0 N–H and O–H groups in total. The predicted octanol–water partition coefficient (Wildman–Crippen LogP) is 0.155. The van der Waals surface area contributed by atoms with Gasteiger partial charge in [-0.2, -0.15) is 0 Å². The third kappa shape index (κ3) is 2.42. The van der Waals surface area contributed by atoms with Crippen LogP contribution in [0.15, 0.2) is 0 Å². The highest BCUT2D eigenvalue weighted by molar-refractivity contribution is 5.75. The van der Waals surface area contributed by atoms with Gasteiger partial charge in [0, 0.05) is 8.41 Å². The van der Waals surface area contributed by atoms with Crippen molar-refractivity contribution in [2.45, 2.75) is 0 Å². The van der Waals surface area contributed by atoms with Gasteiger partial charge in [0.05, 0.1) is 0 Å². The van der Waals surface area contributed by atoms with E-state index in [2.05, 4.69) is 4.85 Å². The Balaban J connectivity index is 0. The first-order chi connectivity index (χ1) is 1.41. The van der Waals surface area contributed by atoms with E-state index < -0.39 is 0 Å². The van der Waals surface area contributed by atoms with Crippen molar-refractivity contribution in [1.29, 1.82) is 0 Å². The lowest BCUT2D eigenvalue weighted by Gasteiger charge is -1.30. The predicted molar refractivity (Wildman–Crippen MR) is 18.3 cm³/mol. The smallest absolute Gasteiger partial charge is 0.205 e. The molecule has 2 heteroatoms. The first-order valence-electron chi connectivity index (χ1n) is 0.671. The molecule has 19 valence electrons. The summed E-state index contributed by atoms with van der Waals surface area (Å²) in [5.74, 6) is 0. The monoisotopic (exact) mass is 52.0 g/mol. The highest BCUT2D eigenvalue weighted by atomic mass is 14.5. The molecule has 4 heavy (non-hydrogen) atoms. The van der Waals surface area contributed by atoms with E-state index in [1.807, 2.05) is 0 Å².